The molecule has 0 radical (unpaired) electrons. The summed E-state index contributed by atoms with van der Waals surface area (Å²) in [5.41, 5.74) is 0.650. The van der Waals surface area contributed by atoms with Crippen LogP contribution in [0.1, 0.15) is 5.56 Å². The maximum atomic E-state index is 10.4. The maximum Gasteiger partial charge on any atom is 0.341 e. The topological polar surface area (TPSA) is 37.3 Å². The first-order chi connectivity index (χ1) is 6.11. The fourth-order valence-corrected chi connectivity index (χ4v) is 1.13. The van der Waals surface area contributed by atoms with E-state index in [1.165, 1.54) is 6.08 Å². The minimum Gasteiger partial charge on any atom is -0.477 e. The number of thiol groups is 1. The van der Waals surface area contributed by atoms with Gasteiger partial charge in [-0.05, 0) is 17.7 Å². The van der Waals surface area contributed by atoms with Crippen LogP contribution in [0.15, 0.2) is 29.2 Å². The van der Waals surface area contributed by atoms with E-state index in [2.05, 4.69) is 12.6 Å². The van der Waals surface area contributed by atoms with Crippen molar-refractivity contribution in [2.45, 2.75) is 0 Å². The Labute approximate surface area is 86.3 Å². The molecule has 0 saturated heterocycles. The zero-order valence-corrected chi connectivity index (χ0v) is 8.22. The molecule has 13 heavy (non-hydrogen) atoms. The van der Waals surface area contributed by atoms with Gasteiger partial charge >= 0.3 is 5.97 Å². The SMILES string of the molecule is O=C(O)/C(S)=C\c1ccccc1Cl. The van der Waals surface area contributed by atoms with Crippen LogP contribution in [0.5, 0.6) is 0 Å². The number of carboxylic acid groups (broad SMARTS) is 1. The summed E-state index contributed by atoms with van der Waals surface area (Å²) in [6, 6.07) is 6.97. The Hall–Kier alpha value is -0.930. The van der Waals surface area contributed by atoms with Gasteiger partial charge in [0, 0.05) is 5.02 Å². The van der Waals surface area contributed by atoms with Gasteiger partial charge in [0.1, 0.15) is 0 Å². The molecule has 1 aromatic carbocycles. The largest absolute Gasteiger partial charge is 0.477 e. The summed E-state index contributed by atoms with van der Waals surface area (Å²) in [7, 11) is 0. The Morgan fingerprint density at radius 3 is 2.62 bits per heavy atom. The number of carboxylic acids is 1. The van der Waals surface area contributed by atoms with E-state index in [9.17, 15) is 4.79 Å². The highest BCUT2D eigenvalue weighted by molar-refractivity contribution is 7.85. The molecule has 0 fully saturated rings. The molecule has 0 aliphatic heterocycles. The molecule has 0 amide bonds. The molecule has 1 aromatic rings. The van der Waals surface area contributed by atoms with Crippen molar-refractivity contribution in [2.75, 3.05) is 0 Å². The number of halogens is 1. The number of hydrogen-bond acceptors (Lipinski definition) is 2. The Balaban J connectivity index is 3.04. The number of hydrogen-bond donors (Lipinski definition) is 2. The smallest absolute Gasteiger partial charge is 0.341 e. The molecule has 0 heterocycles. The van der Waals surface area contributed by atoms with Crippen molar-refractivity contribution in [3.63, 3.8) is 0 Å². The number of rotatable bonds is 2. The normalized spacial score (nSPS) is 11.4. The number of benzene rings is 1. The van der Waals surface area contributed by atoms with Crippen molar-refractivity contribution in [1.29, 1.82) is 0 Å². The highest BCUT2D eigenvalue weighted by Crippen LogP contribution is 2.19. The second-order valence-electron chi connectivity index (χ2n) is 2.36. The van der Waals surface area contributed by atoms with Crippen LogP contribution < -0.4 is 0 Å². The molecule has 1 rings (SSSR count). The van der Waals surface area contributed by atoms with Gasteiger partial charge in [-0.3, -0.25) is 0 Å². The van der Waals surface area contributed by atoms with E-state index in [1.54, 1.807) is 24.3 Å². The van der Waals surface area contributed by atoms with E-state index in [1.807, 2.05) is 0 Å². The lowest BCUT2D eigenvalue weighted by atomic mass is 10.2. The minimum atomic E-state index is -1.07. The first kappa shape index (κ1) is 10.2. The van der Waals surface area contributed by atoms with Crippen molar-refractivity contribution in [1.82, 2.24) is 0 Å². The molecule has 68 valence electrons. The lowest BCUT2D eigenvalue weighted by molar-refractivity contribution is -0.131. The van der Waals surface area contributed by atoms with Crippen LogP contribution in [0.2, 0.25) is 5.02 Å². The molecular weight excluding hydrogens is 208 g/mol. The van der Waals surface area contributed by atoms with Gasteiger partial charge in [0.2, 0.25) is 0 Å². The second kappa shape index (κ2) is 4.35. The van der Waals surface area contributed by atoms with E-state index in [-0.39, 0.29) is 4.91 Å². The van der Waals surface area contributed by atoms with Crippen LogP contribution in [0.3, 0.4) is 0 Å². The Kier molecular flexibility index (Phi) is 3.39. The van der Waals surface area contributed by atoms with Crippen LogP contribution in [0.4, 0.5) is 0 Å². The Morgan fingerprint density at radius 1 is 1.46 bits per heavy atom. The average molecular weight is 215 g/mol. The summed E-state index contributed by atoms with van der Waals surface area (Å²) < 4.78 is 0. The predicted molar refractivity (Wildman–Crippen MR) is 56.1 cm³/mol. The van der Waals surface area contributed by atoms with Gasteiger partial charge in [-0.1, -0.05) is 29.8 Å². The summed E-state index contributed by atoms with van der Waals surface area (Å²) in [6.45, 7) is 0. The molecule has 2 nitrogen and oxygen atoms in total. The molecule has 1 N–H and O–H groups in total. The zero-order chi connectivity index (χ0) is 9.84. The quantitative estimate of drug-likeness (QED) is 0.587. The summed E-state index contributed by atoms with van der Waals surface area (Å²) in [5, 5.41) is 9.06. The summed E-state index contributed by atoms with van der Waals surface area (Å²) in [4.78, 5) is 10.4. The van der Waals surface area contributed by atoms with Crippen LogP contribution in [0.25, 0.3) is 6.08 Å². The predicted octanol–water partition coefficient (Wildman–Crippen LogP) is 2.70. The number of carbonyl (C=O) groups is 1. The Bertz CT molecular complexity index is 360. The van der Waals surface area contributed by atoms with Crippen molar-refractivity contribution >= 4 is 36.3 Å². The highest BCUT2D eigenvalue weighted by atomic mass is 35.5. The van der Waals surface area contributed by atoms with Gasteiger partial charge in [0.25, 0.3) is 0 Å². The standard InChI is InChI=1S/C9H7ClO2S/c10-7-4-2-1-3-6(7)5-8(13)9(11)12/h1-5,13H,(H,11,12)/b8-5+. The van der Waals surface area contributed by atoms with Gasteiger partial charge in [-0.15, -0.1) is 12.6 Å². The molecule has 0 aromatic heterocycles. The molecule has 0 spiro atoms. The van der Waals surface area contributed by atoms with E-state index in [0.29, 0.717) is 10.6 Å². The zero-order valence-electron chi connectivity index (χ0n) is 6.57. The van der Waals surface area contributed by atoms with Crippen molar-refractivity contribution < 1.29 is 9.90 Å². The molecule has 0 saturated carbocycles. The van der Waals surface area contributed by atoms with Crippen molar-refractivity contribution in [3.8, 4) is 0 Å². The van der Waals surface area contributed by atoms with Crippen LogP contribution in [-0.2, 0) is 4.79 Å². The fourth-order valence-electron chi connectivity index (χ4n) is 0.801. The third-order valence-corrected chi connectivity index (χ3v) is 2.08. The third-order valence-electron chi connectivity index (χ3n) is 1.42. The lowest BCUT2D eigenvalue weighted by Crippen LogP contribution is -1.93. The number of aliphatic carboxylic acids is 1. The van der Waals surface area contributed by atoms with Gasteiger partial charge in [0.05, 0.1) is 4.91 Å². The molecule has 0 unspecified atom stereocenters. The first-order valence-electron chi connectivity index (χ1n) is 3.50. The van der Waals surface area contributed by atoms with E-state index >= 15 is 0 Å². The van der Waals surface area contributed by atoms with Gasteiger partial charge in [-0.25, -0.2) is 4.79 Å². The molecule has 4 heteroatoms. The molecule has 0 aliphatic rings. The lowest BCUT2D eigenvalue weighted by Gasteiger charge is -1.97. The van der Waals surface area contributed by atoms with Crippen LogP contribution in [0, 0.1) is 0 Å². The molecule has 0 aliphatic carbocycles. The average Bonchev–Trinajstić information content (AvgIpc) is 2.08. The fraction of sp³-hybridized carbons (Fsp3) is 0. The van der Waals surface area contributed by atoms with Gasteiger partial charge in [0.15, 0.2) is 0 Å². The van der Waals surface area contributed by atoms with Crippen molar-refractivity contribution in [2.24, 2.45) is 0 Å². The van der Waals surface area contributed by atoms with E-state index < -0.39 is 5.97 Å². The van der Waals surface area contributed by atoms with Gasteiger partial charge in [-0.2, -0.15) is 0 Å². The van der Waals surface area contributed by atoms with Crippen molar-refractivity contribution in [3.05, 3.63) is 39.8 Å². The van der Waals surface area contributed by atoms with Gasteiger partial charge < -0.3 is 5.11 Å². The first-order valence-corrected chi connectivity index (χ1v) is 4.32. The summed E-state index contributed by atoms with van der Waals surface area (Å²) in [5.74, 6) is -1.07. The highest BCUT2D eigenvalue weighted by Gasteiger charge is 2.02. The minimum absolute atomic E-state index is 0.0342. The van der Waals surface area contributed by atoms with Crippen LogP contribution >= 0.6 is 24.2 Å². The monoisotopic (exact) mass is 214 g/mol. The third kappa shape index (κ3) is 2.79. The molecular formula is C9H7ClO2S. The molecule has 0 atom stereocenters. The Morgan fingerprint density at radius 2 is 2.08 bits per heavy atom. The van der Waals surface area contributed by atoms with Crippen LogP contribution in [-0.4, -0.2) is 11.1 Å². The summed E-state index contributed by atoms with van der Waals surface area (Å²) >= 11 is 9.59. The molecule has 0 bridgehead atoms. The van der Waals surface area contributed by atoms with E-state index in [0.717, 1.165) is 0 Å². The van der Waals surface area contributed by atoms with E-state index in [4.69, 9.17) is 16.7 Å². The second-order valence-corrected chi connectivity index (χ2v) is 3.25. The maximum absolute atomic E-state index is 10.4. The summed E-state index contributed by atoms with van der Waals surface area (Å²) in [6.07, 6.45) is 1.41.